The van der Waals surface area contributed by atoms with E-state index in [1.165, 1.54) is 16.2 Å². The van der Waals surface area contributed by atoms with E-state index in [1.54, 1.807) is 11.3 Å². The minimum absolute atomic E-state index is 0.247. The molecule has 0 aliphatic carbocycles. The van der Waals surface area contributed by atoms with Crippen LogP contribution in [0.25, 0.3) is 0 Å². The van der Waals surface area contributed by atoms with Crippen LogP contribution in [0.5, 0.6) is 0 Å². The van der Waals surface area contributed by atoms with Crippen molar-refractivity contribution in [1.29, 1.82) is 0 Å². The van der Waals surface area contributed by atoms with Crippen LogP contribution in [0.2, 0.25) is 0 Å². The second-order valence-electron chi connectivity index (χ2n) is 3.70. The average Bonchev–Trinajstić information content (AvgIpc) is 2.96. The zero-order valence-corrected chi connectivity index (χ0v) is 11.0. The van der Waals surface area contributed by atoms with E-state index in [2.05, 4.69) is 18.3 Å². The number of hydrogen-bond acceptors (Lipinski definition) is 4. The quantitative estimate of drug-likeness (QED) is 0.873. The molecule has 5 heteroatoms. The average molecular weight is 267 g/mol. The van der Waals surface area contributed by atoms with Gasteiger partial charge in [0.25, 0.3) is 0 Å². The second kappa shape index (κ2) is 5.44. The lowest BCUT2D eigenvalue weighted by Gasteiger charge is -2.11. The van der Waals surface area contributed by atoms with Crippen LogP contribution in [-0.4, -0.2) is 11.1 Å². The molecule has 3 nitrogen and oxygen atoms in total. The van der Waals surface area contributed by atoms with Gasteiger partial charge in [0, 0.05) is 17.5 Å². The molecule has 0 radical (unpaired) electrons. The van der Waals surface area contributed by atoms with Gasteiger partial charge in [-0.3, -0.25) is 0 Å². The molecule has 0 amide bonds. The van der Waals surface area contributed by atoms with Gasteiger partial charge in [-0.1, -0.05) is 6.07 Å². The molecule has 0 bridgehead atoms. The van der Waals surface area contributed by atoms with E-state index in [0.717, 1.165) is 5.56 Å². The standard InChI is InChI=1S/C12H13NO2S2/c1-8(10-3-2-5-16-10)13-7-9-4-6-17-11(9)12(14)15/h2-6,8,13H,7H2,1H3,(H,14,15)/t8-/m0/s1. The van der Waals surface area contributed by atoms with Gasteiger partial charge in [-0.05, 0) is 35.4 Å². The summed E-state index contributed by atoms with van der Waals surface area (Å²) in [6, 6.07) is 6.21. The topological polar surface area (TPSA) is 49.3 Å². The number of nitrogens with one attached hydrogen (secondary N) is 1. The molecule has 17 heavy (non-hydrogen) atoms. The van der Waals surface area contributed by atoms with Gasteiger partial charge in [0.15, 0.2) is 0 Å². The summed E-state index contributed by atoms with van der Waals surface area (Å²) in [5.41, 5.74) is 0.853. The summed E-state index contributed by atoms with van der Waals surface area (Å²) in [6.45, 7) is 2.67. The minimum atomic E-state index is -0.847. The first-order valence-corrected chi connectivity index (χ1v) is 7.01. The van der Waals surface area contributed by atoms with Gasteiger partial charge in [0.05, 0.1) is 0 Å². The fraction of sp³-hybridized carbons (Fsp3) is 0.250. The smallest absolute Gasteiger partial charge is 0.346 e. The van der Waals surface area contributed by atoms with Crippen LogP contribution in [0.1, 0.15) is 33.1 Å². The Balaban J connectivity index is 1.98. The number of thiophene rings is 2. The third-order valence-electron chi connectivity index (χ3n) is 2.51. The summed E-state index contributed by atoms with van der Waals surface area (Å²) >= 11 is 2.97. The predicted octanol–water partition coefficient (Wildman–Crippen LogP) is 3.36. The van der Waals surface area contributed by atoms with E-state index in [0.29, 0.717) is 11.4 Å². The Morgan fingerprint density at radius 2 is 2.24 bits per heavy atom. The summed E-state index contributed by atoms with van der Waals surface area (Å²) in [7, 11) is 0. The maximum absolute atomic E-state index is 10.9. The summed E-state index contributed by atoms with van der Waals surface area (Å²) in [6.07, 6.45) is 0. The van der Waals surface area contributed by atoms with E-state index >= 15 is 0 Å². The molecule has 0 unspecified atom stereocenters. The van der Waals surface area contributed by atoms with Crippen molar-refractivity contribution in [1.82, 2.24) is 5.32 Å². The number of hydrogen-bond donors (Lipinski definition) is 2. The van der Waals surface area contributed by atoms with Crippen molar-refractivity contribution in [2.24, 2.45) is 0 Å². The van der Waals surface area contributed by atoms with Crippen LogP contribution in [0.4, 0.5) is 0 Å². The molecule has 0 saturated heterocycles. The van der Waals surface area contributed by atoms with Crippen LogP contribution >= 0.6 is 22.7 Å². The Morgan fingerprint density at radius 3 is 2.88 bits per heavy atom. The molecular formula is C12H13NO2S2. The fourth-order valence-electron chi connectivity index (χ4n) is 1.56. The van der Waals surface area contributed by atoms with Crippen molar-refractivity contribution < 1.29 is 9.90 Å². The van der Waals surface area contributed by atoms with Gasteiger partial charge < -0.3 is 10.4 Å². The molecule has 2 N–H and O–H groups in total. The lowest BCUT2D eigenvalue weighted by Crippen LogP contribution is -2.18. The van der Waals surface area contributed by atoms with Crippen LogP contribution in [-0.2, 0) is 6.54 Å². The van der Waals surface area contributed by atoms with Crippen LogP contribution in [0, 0.1) is 0 Å². The monoisotopic (exact) mass is 267 g/mol. The largest absolute Gasteiger partial charge is 0.477 e. The van der Waals surface area contributed by atoms with Gasteiger partial charge in [-0.15, -0.1) is 22.7 Å². The predicted molar refractivity (Wildman–Crippen MR) is 70.9 cm³/mol. The molecule has 0 spiro atoms. The van der Waals surface area contributed by atoms with Crippen molar-refractivity contribution in [3.63, 3.8) is 0 Å². The highest BCUT2D eigenvalue weighted by atomic mass is 32.1. The molecule has 0 aliphatic heterocycles. The number of rotatable bonds is 5. The first kappa shape index (κ1) is 12.3. The maximum atomic E-state index is 10.9. The van der Waals surface area contributed by atoms with Crippen molar-refractivity contribution in [3.8, 4) is 0 Å². The van der Waals surface area contributed by atoms with Crippen molar-refractivity contribution in [2.45, 2.75) is 19.5 Å². The number of carboxylic acids is 1. The van der Waals surface area contributed by atoms with E-state index in [1.807, 2.05) is 22.9 Å². The fourth-order valence-corrected chi connectivity index (χ4v) is 3.08. The molecule has 2 heterocycles. The molecule has 2 rings (SSSR count). The first-order valence-electron chi connectivity index (χ1n) is 5.25. The van der Waals surface area contributed by atoms with Crippen molar-refractivity contribution in [2.75, 3.05) is 0 Å². The summed E-state index contributed by atoms with van der Waals surface area (Å²) < 4.78 is 0. The van der Waals surface area contributed by atoms with Crippen LogP contribution in [0.3, 0.4) is 0 Å². The SMILES string of the molecule is C[C@H](NCc1ccsc1C(=O)O)c1cccs1. The second-order valence-corrected chi connectivity index (χ2v) is 5.59. The van der Waals surface area contributed by atoms with E-state index in [4.69, 9.17) is 5.11 Å². The van der Waals surface area contributed by atoms with Gasteiger partial charge in [-0.25, -0.2) is 4.79 Å². The molecule has 2 aromatic rings. The zero-order chi connectivity index (χ0) is 12.3. The summed E-state index contributed by atoms with van der Waals surface area (Å²) in [5.74, 6) is -0.847. The zero-order valence-electron chi connectivity index (χ0n) is 9.34. The van der Waals surface area contributed by atoms with Crippen molar-refractivity contribution in [3.05, 3.63) is 44.3 Å². The molecule has 0 fully saturated rings. The third kappa shape index (κ3) is 2.94. The molecule has 0 saturated carbocycles. The Hall–Kier alpha value is -1.17. The number of aromatic carboxylic acids is 1. The Kier molecular flexibility index (Phi) is 3.93. The Bertz CT molecular complexity index is 490. The normalized spacial score (nSPS) is 12.5. The molecule has 0 aromatic carbocycles. The molecule has 0 aliphatic rings. The maximum Gasteiger partial charge on any atom is 0.346 e. The van der Waals surface area contributed by atoms with Gasteiger partial charge in [0.1, 0.15) is 4.88 Å². The van der Waals surface area contributed by atoms with Gasteiger partial charge in [0.2, 0.25) is 0 Å². The van der Waals surface area contributed by atoms with Crippen molar-refractivity contribution >= 4 is 28.6 Å². The molecule has 90 valence electrons. The Morgan fingerprint density at radius 1 is 1.41 bits per heavy atom. The molecule has 2 aromatic heterocycles. The minimum Gasteiger partial charge on any atom is -0.477 e. The molecule has 1 atom stereocenters. The summed E-state index contributed by atoms with van der Waals surface area (Å²) in [5, 5.41) is 16.2. The van der Waals surface area contributed by atoms with E-state index in [-0.39, 0.29) is 6.04 Å². The van der Waals surface area contributed by atoms with E-state index < -0.39 is 5.97 Å². The van der Waals surface area contributed by atoms with Crippen LogP contribution < -0.4 is 5.32 Å². The molecular weight excluding hydrogens is 254 g/mol. The first-order chi connectivity index (χ1) is 8.18. The highest BCUT2D eigenvalue weighted by Crippen LogP contribution is 2.21. The summed E-state index contributed by atoms with van der Waals surface area (Å²) in [4.78, 5) is 12.6. The Labute approximate surface area is 108 Å². The van der Waals surface area contributed by atoms with E-state index in [9.17, 15) is 4.79 Å². The number of carboxylic acid groups (broad SMARTS) is 1. The van der Waals surface area contributed by atoms with Gasteiger partial charge >= 0.3 is 5.97 Å². The third-order valence-corrected chi connectivity index (χ3v) is 4.51. The highest BCUT2D eigenvalue weighted by Gasteiger charge is 2.12. The lowest BCUT2D eigenvalue weighted by atomic mass is 10.2. The van der Waals surface area contributed by atoms with Crippen LogP contribution in [0.15, 0.2) is 29.0 Å². The number of carbonyl (C=O) groups is 1. The lowest BCUT2D eigenvalue weighted by molar-refractivity contribution is 0.0701. The van der Waals surface area contributed by atoms with Gasteiger partial charge in [-0.2, -0.15) is 0 Å². The highest BCUT2D eigenvalue weighted by molar-refractivity contribution is 7.12.